The lowest BCUT2D eigenvalue weighted by molar-refractivity contribution is 0.0946. The summed E-state index contributed by atoms with van der Waals surface area (Å²) in [7, 11) is 0. The molecule has 1 fully saturated rings. The summed E-state index contributed by atoms with van der Waals surface area (Å²) in [6, 6.07) is 4.45. The van der Waals surface area contributed by atoms with Gasteiger partial charge in [-0.05, 0) is 57.9 Å². The Morgan fingerprint density at radius 2 is 2.19 bits per heavy atom. The first-order chi connectivity index (χ1) is 14.9. The quantitative estimate of drug-likeness (QED) is 0.530. The zero-order valence-electron chi connectivity index (χ0n) is 17.8. The molecule has 3 N–H and O–H groups in total. The smallest absolute Gasteiger partial charge is 0.261 e. The largest absolute Gasteiger partial charge is 0.487 e. The number of carbonyl (C=O) groups excluding carboxylic acids is 1. The number of hydrogen-bond donors (Lipinski definition) is 3. The zero-order valence-corrected chi connectivity index (χ0v) is 18.6. The summed E-state index contributed by atoms with van der Waals surface area (Å²) in [6.45, 7) is 7.43. The van der Waals surface area contributed by atoms with E-state index in [2.05, 4.69) is 25.9 Å². The molecule has 1 aliphatic heterocycles. The van der Waals surface area contributed by atoms with Gasteiger partial charge in [0.2, 0.25) is 0 Å². The van der Waals surface area contributed by atoms with E-state index in [1.54, 1.807) is 6.07 Å². The number of aromatic nitrogens is 2. The van der Waals surface area contributed by atoms with Crippen molar-refractivity contribution in [3.63, 3.8) is 0 Å². The highest BCUT2D eigenvalue weighted by molar-refractivity contribution is 7.20. The lowest BCUT2D eigenvalue weighted by atomic mass is 10.1. The van der Waals surface area contributed by atoms with Crippen LogP contribution in [0.15, 0.2) is 24.5 Å². The Kier molecular flexibility index (Phi) is 6.33. The number of fused-ring (bicyclic) bond motifs is 1. The van der Waals surface area contributed by atoms with E-state index < -0.39 is 0 Å². The first-order valence-corrected chi connectivity index (χ1v) is 11.2. The number of benzene rings is 1. The normalized spacial score (nSPS) is 16.5. The van der Waals surface area contributed by atoms with Crippen LogP contribution in [-0.4, -0.2) is 41.1 Å². The van der Waals surface area contributed by atoms with Crippen LogP contribution >= 0.6 is 11.3 Å². The second-order valence-electron chi connectivity index (χ2n) is 7.94. The van der Waals surface area contributed by atoms with Crippen molar-refractivity contribution in [2.75, 3.05) is 18.4 Å². The third-order valence-electron chi connectivity index (χ3n) is 5.09. The lowest BCUT2D eigenvalue weighted by Gasteiger charge is -2.25. The van der Waals surface area contributed by atoms with Gasteiger partial charge in [0.1, 0.15) is 34.6 Å². The Morgan fingerprint density at radius 1 is 1.35 bits per heavy atom. The number of piperidine rings is 1. The third kappa shape index (κ3) is 4.77. The van der Waals surface area contributed by atoms with Crippen molar-refractivity contribution in [1.82, 2.24) is 20.6 Å². The van der Waals surface area contributed by atoms with Crippen molar-refractivity contribution in [1.29, 1.82) is 0 Å². The molecule has 1 saturated heterocycles. The molecule has 0 spiro atoms. The van der Waals surface area contributed by atoms with Gasteiger partial charge in [-0.3, -0.25) is 4.79 Å². The summed E-state index contributed by atoms with van der Waals surface area (Å²) in [5.74, 6) is 0.500. The number of nitrogens with zero attached hydrogens (tertiary/aromatic N) is 2. The third-order valence-corrected chi connectivity index (χ3v) is 6.29. The summed E-state index contributed by atoms with van der Waals surface area (Å²) < 4.78 is 20.1. The number of rotatable bonds is 6. The van der Waals surface area contributed by atoms with Crippen LogP contribution in [-0.2, 0) is 0 Å². The van der Waals surface area contributed by atoms with Gasteiger partial charge in [-0.2, -0.15) is 0 Å². The van der Waals surface area contributed by atoms with Crippen LogP contribution in [0.3, 0.4) is 0 Å². The number of anilines is 2. The molecular formula is C22H26FN5O2S. The molecule has 0 radical (unpaired) electrons. The molecule has 164 valence electrons. The molecule has 9 heteroatoms. The van der Waals surface area contributed by atoms with Crippen molar-refractivity contribution in [2.24, 2.45) is 0 Å². The Bertz CT molecular complexity index is 1090. The maximum atomic E-state index is 14.0. The predicted molar refractivity (Wildman–Crippen MR) is 121 cm³/mol. The van der Waals surface area contributed by atoms with Crippen LogP contribution in [0.5, 0.6) is 5.75 Å². The zero-order chi connectivity index (χ0) is 22.0. The van der Waals surface area contributed by atoms with E-state index in [9.17, 15) is 9.18 Å². The van der Waals surface area contributed by atoms with Gasteiger partial charge in [0.05, 0.1) is 16.0 Å². The van der Waals surface area contributed by atoms with Crippen LogP contribution in [0, 0.1) is 12.7 Å². The van der Waals surface area contributed by atoms with Gasteiger partial charge in [0, 0.05) is 18.7 Å². The highest BCUT2D eigenvalue weighted by atomic mass is 32.1. The number of hydrogen-bond acceptors (Lipinski definition) is 7. The molecule has 31 heavy (non-hydrogen) atoms. The lowest BCUT2D eigenvalue weighted by Crippen LogP contribution is -2.37. The maximum absolute atomic E-state index is 14.0. The standard InChI is InChI=1S/C22H26FN5O2S/c1-12(2)27-21(29)19-13(3)18-20(25-11-26-22(18)31-19)28-16-7-6-14(23)9-17(16)30-15-5-4-8-24-10-15/h6-7,9,11-12,15,24H,4-5,8,10H2,1-3H3,(H,27,29)(H,25,26,28)/t15-/m0/s1. The number of halogens is 1. The van der Waals surface area contributed by atoms with Crippen LogP contribution in [0.25, 0.3) is 10.2 Å². The van der Waals surface area contributed by atoms with Gasteiger partial charge < -0.3 is 20.7 Å². The molecule has 0 aliphatic carbocycles. The van der Waals surface area contributed by atoms with Gasteiger partial charge in [0.25, 0.3) is 5.91 Å². The minimum absolute atomic E-state index is 0.0178. The average Bonchev–Trinajstić information content (AvgIpc) is 3.08. The first-order valence-electron chi connectivity index (χ1n) is 10.4. The van der Waals surface area contributed by atoms with Crippen molar-refractivity contribution in [3.05, 3.63) is 40.8 Å². The van der Waals surface area contributed by atoms with E-state index in [1.807, 2.05) is 20.8 Å². The number of amides is 1. The maximum Gasteiger partial charge on any atom is 0.261 e. The van der Waals surface area contributed by atoms with E-state index in [4.69, 9.17) is 4.74 Å². The molecule has 0 bridgehead atoms. The van der Waals surface area contributed by atoms with Crippen molar-refractivity contribution >= 4 is 39.0 Å². The number of ether oxygens (including phenoxy) is 1. The topological polar surface area (TPSA) is 88.2 Å². The molecule has 1 amide bonds. The summed E-state index contributed by atoms with van der Waals surface area (Å²) in [5.41, 5.74) is 1.42. The van der Waals surface area contributed by atoms with Crippen molar-refractivity contribution in [3.8, 4) is 5.75 Å². The fourth-order valence-corrected chi connectivity index (χ4v) is 4.69. The fourth-order valence-electron chi connectivity index (χ4n) is 3.64. The highest BCUT2D eigenvalue weighted by Gasteiger charge is 2.21. The van der Waals surface area contributed by atoms with E-state index in [0.29, 0.717) is 27.0 Å². The summed E-state index contributed by atoms with van der Waals surface area (Å²) in [6.07, 6.45) is 3.37. The van der Waals surface area contributed by atoms with Crippen molar-refractivity contribution < 1.29 is 13.9 Å². The van der Waals surface area contributed by atoms with E-state index in [1.165, 1.54) is 29.8 Å². The minimum Gasteiger partial charge on any atom is -0.487 e. The number of carbonyl (C=O) groups is 1. The summed E-state index contributed by atoms with van der Waals surface area (Å²) in [4.78, 5) is 22.7. The molecule has 3 heterocycles. The van der Waals surface area contributed by atoms with Crippen LogP contribution in [0.2, 0.25) is 0 Å². The van der Waals surface area contributed by atoms with Gasteiger partial charge in [-0.15, -0.1) is 11.3 Å². The van der Waals surface area contributed by atoms with Gasteiger partial charge >= 0.3 is 0 Å². The molecule has 7 nitrogen and oxygen atoms in total. The molecule has 3 aromatic rings. The molecule has 4 rings (SSSR count). The van der Waals surface area contributed by atoms with Crippen molar-refractivity contribution in [2.45, 2.75) is 45.8 Å². The van der Waals surface area contributed by atoms with Gasteiger partial charge in [0.15, 0.2) is 0 Å². The molecule has 1 atom stereocenters. The fraction of sp³-hybridized carbons (Fsp3) is 0.409. The molecule has 1 aliphatic rings. The highest BCUT2D eigenvalue weighted by Crippen LogP contribution is 2.36. The summed E-state index contributed by atoms with van der Waals surface area (Å²) >= 11 is 1.33. The minimum atomic E-state index is -0.364. The monoisotopic (exact) mass is 443 g/mol. The molecule has 0 saturated carbocycles. The van der Waals surface area contributed by atoms with Gasteiger partial charge in [-0.1, -0.05) is 0 Å². The Balaban J connectivity index is 1.67. The number of aryl methyl sites for hydroxylation is 1. The van der Waals surface area contributed by atoms with Gasteiger partial charge in [-0.25, -0.2) is 14.4 Å². The summed E-state index contributed by atoms with van der Waals surface area (Å²) in [5, 5.41) is 10.3. The SMILES string of the molecule is Cc1c(C(=O)NC(C)C)sc2ncnc(Nc3ccc(F)cc3O[C@H]3CCCNC3)c12. The average molecular weight is 444 g/mol. The van der Waals surface area contributed by atoms with Crippen LogP contribution in [0.1, 0.15) is 41.9 Å². The second-order valence-corrected chi connectivity index (χ2v) is 8.94. The Hall–Kier alpha value is -2.78. The second kappa shape index (κ2) is 9.15. The number of thiophene rings is 1. The Morgan fingerprint density at radius 3 is 2.94 bits per heavy atom. The molecule has 1 aromatic carbocycles. The van der Waals surface area contributed by atoms with Crippen LogP contribution in [0.4, 0.5) is 15.9 Å². The molecular weight excluding hydrogens is 417 g/mol. The van der Waals surface area contributed by atoms with E-state index >= 15 is 0 Å². The predicted octanol–water partition coefficient (Wildman–Crippen LogP) is 4.15. The van der Waals surface area contributed by atoms with E-state index in [-0.39, 0.29) is 23.9 Å². The molecule has 0 unspecified atom stereocenters. The molecule has 2 aromatic heterocycles. The Labute approximate surface area is 184 Å². The van der Waals surface area contributed by atoms with Crippen LogP contribution < -0.4 is 20.7 Å². The first kappa shape index (κ1) is 21.5. The van der Waals surface area contributed by atoms with E-state index in [0.717, 1.165) is 36.9 Å². The number of nitrogens with one attached hydrogen (secondary N) is 3.